The second-order valence-corrected chi connectivity index (χ2v) is 4.59. The molecule has 2 aromatic carbocycles. The van der Waals surface area contributed by atoms with Crippen LogP contribution < -0.4 is 11.1 Å². The molecule has 0 radical (unpaired) electrons. The fraction of sp³-hybridized carbons (Fsp3) is 0.143. The van der Waals surface area contributed by atoms with Gasteiger partial charge in [-0.3, -0.25) is 0 Å². The molecule has 2 aromatic rings. The van der Waals surface area contributed by atoms with E-state index in [1.165, 1.54) is 5.56 Å². The Bertz CT molecular complexity index is 533. The summed E-state index contributed by atoms with van der Waals surface area (Å²) in [5.41, 5.74) is 10.7. The first-order valence-corrected chi connectivity index (χ1v) is 5.83. The average Bonchev–Trinajstić information content (AvgIpc) is 2.29. The van der Waals surface area contributed by atoms with Gasteiger partial charge in [-0.25, -0.2) is 0 Å². The van der Waals surface area contributed by atoms with Gasteiger partial charge >= 0.3 is 0 Å². The van der Waals surface area contributed by atoms with Gasteiger partial charge in [0.1, 0.15) is 0 Å². The molecule has 0 aromatic heterocycles. The van der Waals surface area contributed by atoms with E-state index >= 15 is 0 Å². The van der Waals surface area contributed by atoms with Crippen LogP contribution in [0.1, 0.15) is 11.1 Å². The number of hydrogen-bond donors (Lipinski definition) is 2. The van der Waals surface area contributed by atoms with Gasteiger partial charge in [-0.2, -0.15) is 0 Å². The molecule has 0 heterocycles. The second kappa shape index (κ2) is 4.68. The summed E-state index contributed by atoms with van der Waals surface area (Å²) in [5.74, 6) is 0. The van der Waals surface area contributed by atoms with E-state index in [0.717, 1.165) is 16.9 Å². The van der Waals surface area contributed by atoms with Crippen molar-refractivity contribution in [2.75, 3.05) is 11.1 Å². The van der Waals surface area contributed by atoms with Gasteiger partial charge in [0.25, 0.3) is 0 Å². The molecule has 0 aliphatic rings. The summed E-state index contributed by atoms with van der Waals surface area (Å²) in [7, 11) is 0. The number of hydrogen-bond acceptors (Lipinski definition) is 2. The van der Waals surface area contributed by atoms with E-state index in [-0.39, 0.29) is 0 Å². The van der Waals surface area contributed by atoms with Crippen molar-refractivity contribution in [2.24, 2.45) is 0 Å². The Labute approximate surface area is 106 Å². The number of rotatable bonds is 2. The van der Waals surface area contributed by atoms with E-state index in [2.05, 4.69) is 24.4 Å². The molecule has 0 amide bonds. The fourth-order valence-corrected chi connectivity index (χ4v) is 1.77. The normalized spacial score (nSPS) is 10.3. The Balaban J connectivity index is 2.30. The smallest absolute Gasteiger partial charge is 0.0621 e. The first kappa shape index (κ1) is 11.8. The number of aryl methyl sites for hydroxylation is 2. The van der Waals surface area contributed by atoms with Crippen LogP contribution in [0.4, 0.5) is 17.1 Å². The maximum atomic E-state index is 6.00. The molecule has 0 bridgehead atoms. The van der Waals surface area contributed by atoms with Gasteiger partial charge in [0.2, 0.25) is 0 Å². The molecule has 2 nitrogen and oxygen atoms in total. The summed E-state index contributed by atoms with van der Waals surface area (Å²) in [6.07, 6.45) is 0. The van der Waals surface area contributed by atoms with Crippen LogP contribution >= 0.6 is 11.6 Å². The zero-order valence-electron chi connectivity index (χ0n) is 9.92. The molecule has 0 aliphatic carbocycles. The number of halogens is 1. The topological polar surface area (TPSA) is 38.0 Å². The predicted molar refractivity (Wildman–Crippen MR) is 75.1 cm³/mol. The Hall–Kier alpha value is -1.67. The third-order valence-electron chi connectivity index (χ3n) is 2.66. The average molecular weight is 247 g/mol. The third kappa shape index (κ3) is 2.71. The van der Waals surface area contributed by atoms with Crippen LogP contribution in [0.15, 0.2) is 36.4 Å². The van der Waals surface area contributed by atoms with Crippen LogP contribution in [0.25, 0.3) is 0 Å². The molecule has 88 valence electrons. The predicted octanol–water partition coefficient (Wildman–Crippen LogP) is 4.28. The summed E-state index contributed by atoms with van der Waals surface area (Å²) in [6.45, 7) is 4.02. The summed E-state index contributed by atoms with van der Waals surface area (Å²) >= 11 is 6.00. The van der Waals surface area contributed by atoms with Gasteiger partial charge in [0.05, 0.1) is 11.4 Å². The quantitative estimate of drug-likeness (QED) is 0.776. The molecule has 0 unspecified atom stereocenters. The van der Waals surface area contributed by atoms with Crippen LogP contribution in [0.3, 0.4) is 0 Å². The fourth-order valence-electron chi connectivity index (χ4n) is 1.60. The van der Waals surface area contributed by atoms with E-state index in [9.17, 15) is 0 Å². The zero-order valence-corrected chi connectivity index (χ0v) is 10.7. The van der Waals surface area contributed by atoms with Gasteiger partial charge in [0.15, 0.2) is 0 Å². The third-order valence-corrected chi connectivity index (χ3v) is 3.07. The Morgan fingerprint density at radius 3 is 2.35 bits per heavy atom. The van der Waals surface area contributed by atoms with Crippen molar-refractivity contribution >= 4 is 28.7 Å². The monoisotopic (exact) mass is 246 g/mol. The minimum atomic E-state index is 0.654. The molecule has 0 spiro atoms. The molecule has 0 fully saturated rings. The Morgan fingerprint density at radius 1 is 1.06 bits per heavy atom. The highest BCUT2D eigenvalue weighted by Crippen LogP contribution is 2.29. The van der Waals surface area contributed by atoms with Crippen molar-refractivity contribution in [3.8, 4) is 0 Å². The number of nitrogens with two attached hydrogens (primary N) is 1. The molecule has 3 heteroatoms. The van der Waals surface area contributed by atoms with Gasteiger partial charge < -0.3 is 11.1 Å². The van der Waals surface area contributed by atoms with Crippen molar-refractivity contribution < 1.29 is 0 Å². The molecular weight excluding hydrogens is 232 g/mol. The zero-order chi connectivity index (χ0) is 12.4. The van der Waals surface area contributed by atoms with Crippen LogP contribution in [-0.4, -0.2) is 0 Å². The summed E-state index contributed by atoms with van der Waals surface area (Å²) in [6, 6.07) is 11.9. The van der Waals surface area contributed by atoms with Crippen molar-refractivity contribution in [1.82, 2.24) is 0 Å². The highest BCUT2D eigenvalue weighted by molar-refractivity contribution is 6.31. The lowest BCUT2D eigenvalue weighted by Crippen LogP contribution is -1.97. The van der Waals surface area contributed by atoms with Gasteiger partial charge in [-0.05, 0) is 43.7 Å². The molecule has 0 saturated carbocycles. The highest BCUT2D eigenvalue weighted by Gasteiger charge is 2.03. The van der Waals surface area contributed by atoms with Crippen molar-refractivity contribution in [3.05, 3.63) is 52.5 Å². The highest BCUT2D eigenvalue weighted by atomic mass is 35.5. The molecule has 0 atom stereocenters. The first-order valence-electron chi connectivity index (χ1n) is 5.45. The molecule has 2 rings (SSSR count). The summed E-state index contributed by atoms with van der Waals surface area (Å²) < 4.78 is 0. The Morgan fingerprint density at radius 2 is 1.71 bits per heavy atom. The summed E-state index contributed by atoms with van der Waals surface area (Å²) in [4.78, 5) is 0. The minimum absolute atomic E-state index is 0.654. The van der Waals surface area contributed by atoms with Gasteiger partial charge in [-0.1, -0.05) is 29.3 Å². The van der Waals surface area contributed by atoms with Crippen LogP contribution in [0.5, 0.6) is 0 Å². The van der Waals surface area contributed by atoms with Crippen molar-refractivity contribution in [3.63, 3.8) is 0 Å². The number of nitrogen functional groups attached to an aromatic ring is 1. The second-order valence-electron chi connectivity index (χ2n) is 4.18. The van der Waals surface area contributed by atoms with Crippen LogP contribution in [0.2, 0.25) is 5.02 Å². The maximum absolute atomic E-state index is 6.00. The lowest BCUT2D eigenvalue weighted by molar-refractivity contribution is 1.43. The van der Waals surface area contributed by atoms with E-state index in [1.807, 2.05) is 25.1 Å². The number of nitrogens with one attached hydrogen (secondary N) is 1. The molecule has 0 aliphatic heterocycles. The largest absolute Gasteiger partial charge is 0.397 e. The first-order chi connectivity index (χ1) is 8.06. The number of anilines is 3. The lowest BCUT2D eigenvalue weighted by atomic mass is 10.1. The summed E-state index contributed by atoms with van der Waals surface area (Å²) in [5, 5.41) is 3.98. The Kier molecular flexibility index (Phi) is 3.25. The van der Waals surface area contributed by atoms with E-state index in [1.54, 1.807) is 6.07 Å². The van der Waals surface area contributed by atoms with E-state index in [0.29, 0.717) is 10.7 Å². The van der Waals surface area contributed by atoms with Gasteiger partial charge in [-0.15, -0.1) is 0 Å². The molecule has 0 saturated heterocycles. The molecular formula is C14H15ClN2. The molecule has 17 heavy (non-hydrogen) atoms. The standard InChI is InChI=1S/C14H15ClN2/c1-9-3-5-11(6-4-9)17-14-7-10(2)12(15)8-13(14)16/h3-8,17H,16H2,1-2H3. The van der Waals surface area contributed by atoms with E-state index < -0.39 is 0 Å². The lowest BCUT2D eigenvalue weighted by Gasteiger charge is -2.11. The number of benzene rings is 2. The maximum Gasteiger partial charge on any atom is 0.0621 e. The van der Waals surface area contributed by atoms with Crippen LogP contribution in [0, 0.1) is 13.8 Å². The SMILES string of the molecule is Cc1ccc(Nc2cc(C)c(Cl)cc2N)cc1. The molecule has 3 N–H and O–H groups in total. The minimum Gasteiger partial charge on any atom is -0.397 e. The van der Waals surface area contributed by atoms with Crippen molar-refractivity contribution in [1.29, 1.82) is 0 Å². The van der Waals surface area contributed by atoms with Gasteiger partial charge in [0, 0.05) is 10.7 Å². The van der Waals surface area contributed by atoms with E-state index in [4.69, 9.17) is 17.3 Å². The van der Waals surface area contributed by atoms with Crippen molar-refractivity contribution in [2.45, 2.75) is 13.8 Å². The van der Waals surface area contributed by atoms with Crippen LogP contribution in [-0.2, 0) is 0 Å².